The number of aryl methyl sites for hydroxylation is 1. The first-order valence-corrected chi connectivity index (χ1v) is 5.27. The molecule has 0 spiro atoms. The monoisotopic (exact) mass is 191 g/mol. The summed E-state index contributed by atoms with van der Waals surface area (Å²) in [4.78, 5) is 0. The lowest BCUT2D eigenvalue weighted by Gasteiger charge is -2.18. The van der Waals surface area contributed by atoms with E-state index in [2.05, 4.69) is 6.08 Å². The SMILES string of the molecule is Cc1cc(C(N)C2=CCCCC2)co1. The molecule has 1 unspecified atom stereocenters. The van der Waals surface area contributed by atoms with Crippen LogP contribution in [0.1, 0.15) is 43.0 Å². The molecule has 0 aromatic carbocycles. The van der Waals surface area contributed by atoms with Crippen LogP contribution in [0.2, 0.25) is 0 Å². The fourth-order valence-electron chi connectivity index (χ4n) is 1.99. The van der Waals surface area contributed by atoms with Crippen LogP contribution in [0.4, 0.5) is 0 Å². The van der Waals surface area contributed by atoms with Crippen LogP contribution in [0.25, 0.3) is 0 Å². The summed E-state index contributed by atoms with van der Waals surface area (Å²) >= 11 is 0. The van der Waals surface area contributed by atoms with Gasteiger partial charge in [-0.2, -0.15) is 0 Å². The van der Waals surface area contributed by atoms with Gasteiger partial charge in [-0.3, -0.25) is 0 Å². The molecule has 0 saturated heterocycles. The van der Waals surface area contributed by atoms with Gasteiger partial charge in [-0.15, -0.1) is 0 Å². The van der Waals surface area contributed by atoms with Gasteiger partial charge >= 0.3 is 0 Å². The molecule has 2 nitrogen and oxygen atoms in total. The maximum atomic E-state index is 6.15. The van der Waals surface area contributed by atoms with Crippen molar-refractivity contribution in [1.82, 2.24) is 0 Å². The molecule has 1 aliphatic rings. The van der Waals surface area contributed by atoms with Crippen LogP contribution in [0, 0.1) is 6.92 Å². The van der Waals surface area contributed by atoms with Gasteiger partial charge in [0.1, 0.15) is 5.76 Å². The largest absolute Gasteiger partial charge is 0.469 e. The molecule has 0 bridgehead atoms. The van der Waals surface area contributed by atoms with Gasteiger partial charge in [-0.1, -0.05) is 11.6 Å². The Bertz CT molecular complexity index is 338. The smallest absolute Gasteiger partial charge is 0.101 e. The van der Waals surface area contributed by atoms with Gasteiger partial charge in [-0.25, -0.2) is 0 Å². The minimum atomic E-state index is 0.0488. The Morgan fingerprint density at radius 1 is 1.43 bits per heavy atom. The molecule has 0 saturated carbocycles. The molecule has 2 heteroatoms. The highest BCUT2D eigenvalue weighted by molar-refractivity contribution is 5.26. The highest BCUT2D eigenvalue weighted by Gasteiger charge is 2.15. The van der Waals surface area contributed by atoms with E-state index in [-0.39, 0.29) is 6.04 Å². The second-order valence-electron chi connectivity index (χ2n) is 3.99. The van der Waals surface area contributed by atoms with E-state index in [0.717, 1.165) is 17.7 Å². The number of rotatable bonds is 2. The molecule has 1 aromatic rings. The fourth-order valence-corrected chi connectivity index (χ4v) is 1.99. The standard InChI is InChI=1S/C12H17NO/c1-9-7-11(8-14-9)12(13)10-5-3-2-4-6-10/h5,7-8,12H,2-4,6,13H2,1H3. The highest BCUT2D eigenvalue weighted by atomic mass is 16.3. The summed E-state index contributed by atoms with van der Waals surface area (Å²) in [5, 5.41) is 0. The minimum Gasteiger partial charge on any atom is -0.469 e. The maximum Gasteiger partial charge on any atom is 0.101 e. The van der Waals surface area contributed by atoms with Gasteiger partial charge in [-0.05, 0) is 38.7 Å². The van der Waals surface area contributed by atoms with Crippen LogP contribution < -0.4 is 5.73 Å². The second-order valence-corrected chi connectivity index (χ2v) is 3.99. The predicted octanol–water partition coefficient (Wildman–Crippen LogP) is 3.09. The van der Waals surface area contributed by atoms with Crippen molar-refractivity contribution in [2.75, 3.05) is 0 Å². The summed E-state index contributed by atoms with van der Waals surface area (Å²) in [6, 6.07) is 2.08. The Balaban J connectivity index is 2.14. The Kier molecular flexibility index (Phi) is 2.73. The van der Waals surface area contributed by atoms with Crippen molar-refractivity contribution in [3.05, 3.63) is 35.3 Å². The van der Waals surface area contributed by atoms with Crippen LogP contribution in [0.5, 0.6) is 0 Å². The Morgan fingerprint density at radius 3 is 2.86 bits per heavy atom. The minimum absolute atomic E-state index is 0.0488. The highest BCUT2D eigenvalue weighted by Crippen LogP contribution is 2.28. The average molecular weight is 191 g/mol. The predicted molar refractivity (Wildman–Crippen MR) is 56.9 cm³/mol. The molecule has 0 radical (unpaired) electrons. The van der Waals surface area contributed by atoms with Crippen molar-refractivity contribution >= 4 is 0 Å². The molecule has 2 N–H and O–H groups in total. The first-order chi connectivity index (χ1) is 6.77. The third-order valence-corrected chi connectivity index (χ3v) is 2.84. The van der Waals surface area contributed by atoms with Crippen molar-refractivity contribution in [1.29, 1.82) is 0 Å². The summed E-state index contributed by atoms with van der Waals surface area (Å²) in [5.74, 6) is 0.937. The molecule has 1 aliphatic carbocycles. The Morgan fingerprint density at radius 2 is 2.29 bits per heavy atom. The fraction of sp³-hybridized carbons (Fsp3) is 0.500. The molecular weight excluding hydrogens is 174 g/mol. The lowest BCUT2D eigenvalue weighted by molar-refractivity contribution is 0.529. The van der Waals surface area contributed by atoms with Gasteiger partial charge in [0, 0.05) is 5.56 Å². The molecule has 0 amide bonds. The summed E-state index contributed by atoms with van der Waals surface area (Å²) in [5.41, 5.74) is 8.63. The number of hydrogen-bond acceptors (Lipinski definition) is 2. The van der Waals surface area contributed by atoms with Crippen LogP contribution in [-0.2, 0) is 0 Å². The van der Waals surface area contributed by atoms with Gasteiger partial charge in [0.05, 0.1) is 12.3 Å². The molecular formula is C12H17NO. The molecule has 76 valence electrons. The van der Waals surface area contributed by atoms with E-state index in [4.69, 9.17) is 10.2 Å². The van der Waals surface area contributed by atoms with Gasteiger partial charge in [0.15, 0.2) is 0 Å². The van der Waals surface area contributed by atoms with Crippen molar-refractivity contribution in [2.24, 2.45) is 5.73 Å². The van der Waals surface area contributed by atoms with Crippen LogP contribution in [0.3, 0.4) is 0 Å². The first kappa shape index (κ1) is 9.53. The summed E-state index contributed by atoms with van der Waals surface area (Å²) in [6.45, 7) is 1.95. The van der Waals surface area contributed by atoms with E-state index in [9.17, 15) is 0 Å². The lowest BCUT2D eigenvalue weighted by atomic mass is 9.91. The van der Waals surface area contributed by atoms with Gasteiger partial charge < -0.3 is 10.2 Å². The normalized spacial score (nSPS) is 19.1. The molecule has 1 aromatic heterocycles. The molecule has 0 fully saturated rings. The summed E-state index contributed by atoms with van der Waals surface area (Å²) < 4.78 is 5.27. The Labute approximate surface area is 84.8 Å². The number of nitrogens with two attached hydrogens (primary N) is 1. The van der Waals surface area contributed by atoms with Crippen LogP contribution >= 0.6 is 0 Å². The zero-order valence-electron chi connectivity index (χ0n) is 8.62. The molecule has 1 heterocycles. The number of furan rings is 1. The van der Waals surface area contributed by atoms with Crippen molar-refractivity contribution in [3.63, 3.8) is 0 Å². The zero-order chi connectivity index (χ0) is 9.97. The molecule has 1 atom stereocenters. The van der Waals surface area contributed by atoms with E-state index in [1.165, 1.54) is 24.8 Å². The summed E-state index contributed by atoms with van der Waals surface area (Å²) in [6.07, 6.45) is 8.97. The summed E-state index contributed by atoms with van der Waals surface area (Å²) in [7, 11) is 0. The topological polar surface area (TPSA) is 39.2 Å². The number of hydrogen-bond donors (Lipinski definition) is 1. The molecule has 14 heavy (non-hydrogen) atoms. The van der Waals surface area contributed by atoms with E-state index in [1.807, 2.05) is 13.0 Å². The third kappa shape index (κ3) is 1.90. The quantitative estimate of drug-likeness (QED) is 0.729. The van der Waals surface area contributed by atoms with Crippen LogP contribution in [-0.4, -0.2) is 0 Å². The maximum absolute atomic E-state index is 6.15. The van der Waals surface area contributed by atoms with Gasteiger partial charge in [0.25, 0.3) is 0 Å². The lowest BCUT2D eigenvalue weighted by Crippen LogP contribution is -2.14. The number of allylic oxidation sites excluding steroid dienone is 1. The molecule has 2 rings (SSSR count). The zero-order valence-corrected chi connectivity index (χ0v) is 8.62. The molecule has 0 aliphatic heterocycles. The van der Waals surface area contributed by atoms with Crippen molar-refractivity contribution in [2.45, 2.75) is 38.6 Å². The van der Waals surface area contributed by atoms with Gasteiger partial charge in [0.2, 0.25) is 0 Å². The Hall–Kier alpha value is -1.02. The van der Waals surface area contributed by atoms with E-state index in [0.29, 0.717) is 0 Å². The van der Waals surface area contributed by atoms with Crippen LogP contribution in [0.15, 0.2) is 28.4 Å². The first-order valence-electron chi connectivity index (χ1n) is 5.27. The van der Waals surface area contributed by atoms with E-state index < -0.39 is 0 Å². The second kappa shape index (κ2) is 4.01. The van der Waals surface area contributed by atoms with Crippen molar-refractivity contribution in [3.8, 4) is 0 Å². The van der Waals surface area contributed by atoms with Crippen molar-refractivity contribution < 1.29 is 4.42 Å². The average Bonchev–Trinajstić information content (AvgIpc) is 2.65. The van der Waals surface area contributed by atoms with E-state index in [1.54, 1.807) is 6.26 Å². The third-order valence-electron chi connectivity index (χ3n) is 2.84. The van der Waals surface area contributed by atoms with E-state index >= 15 is 0 Å².